The van der Waals surface area contributed by atoms with Gasteiger partial charge >= 0.3 is 0 Å². The fourth-order valence-electron chi connectivity index (χ4n) is 2.34. The molecule has 0 radical (unpaired) electrons. The molecule has 0 atom stereocenters. The first-order valence-electron chi connectivity index (χ1n) is 7.55. The van der Waals surface area contributed by atoms with Crippen LogP contribution in [0.25, 0.3) is 11.3 Å². The SMILES string of the molecule is Cc1ccc(C(=O)Nc2ccc(Cl)c(-c3ccc(CO)o3)c2)cc1Cl. The van der Waals surface area contributed by atoms with Crippen LogP contribution in [0.5, 0.6) is 0 Å². The number of nitrogens with one attached hydrogen (secondary N) is 1. The molecule has 0 bridgehead atoms. The van der Waals surface area contributed by atoms with Crippen LogP contribution in [-0.4, -0.2) is 11.0 Å². The average molecular weight is 376 g/mol. The molecule has 0 saturated carbocycles. The van der Waals surface area contributed by atoms with Gasteiger partial charge < -0.3 is 14.8 Å². The Morgan fingerprint density at radius 1 is 1.08 bits per heavy atom. The number of amides is 1. The van der Waals surface area contributed by atoms with Gasteiger partial charge in [0, 0.05) is 21.8 Å². The van der Waals surface area contributed by atoms with Crippen molar-refractivity contribution < 1.29 is 14.3 Å². The summed E-state index contributed by atoms with van der Waals surface area (Å²) in [7, 11) is 0. The molecule has 2 N–H and O–H groups in total. The quantitative estimate of drug-likeness (QED) is 0.649. The third-order valence-electron chi connectivity index (χ3n) is 3.74. The number of hydrogen-bond donors (Lipinski definition) is 2. The molecular weight excluding hydrogens is 361 g/mol. The van der Waals surface area contributed by atoms with Crippen molar-refractivity contribution in [3.05, 3.63) is 75.5 Å². The van der Waals surface area contributed by atoms with Gasteiger partial charge in [-0.2, -0.15) is 0 Å². The lowest BCUT2D eigenvalue weighted by Crippen LogP contribution is -2.12. The van der Waals surface area contributed by atoms with E-state index in [1.54, 1.807) is 48.5 Å². The summed E-state index contributed by atoms with van der Waals surface area (Å²) in [6.07, 6.45) is 0. The van der Waals surface area contributed by atoms with E-state index in [2.05, 4.69) is 5.32 Å². The topological polar surface area (TPSA) is 62.5 Å². The molecule has 1 amide bonds. The highest BCUT2D eigenvalue weighted by Gasteiger charge is 2.12. The molecule has 0 aliphatic heterocycles. The molecule has 0 spiro atoms. The lowest BCUT2D eigenvalue weighted by molar-refractivity contribution is 0.102. The molecule has 25 heavy (non-hydrogen) atoms. The van der Waals surface area contributed by atoms with E-state index in [4.69, 9.17) is 32.7 Å². The van der Waals surface area contributed by atoms with Crippen molar-refractivity contribution in [2.75, 3.05) is 5.32 Å². The van der Waals surface area contributed by atoms with E-state index < -0.39 is 0 Å². The Balaban J connectivity index is 1.86. The molecule has 0 unspecified atom stereocenters. The zero-order chi connectivity index (χ0) is 18.0. The zero-order valence-electron chi connectivity index (χ0n) is 13.3. The minimum absolute atomic E-state index is 0.192. The number of carbonyl (C=O) groups excluding carboxylic acids is 1. The molecule has 1 heterocycles. The Morgan fingerprint density at radius 2 is 1.88 bits per heavy atom. The second-order valence-corrected chi connectivity index (χ2v) is 6.35. The predicted molar refractivity (Wildman–Crippen MR) is 99.2 cm³/mol. The van der Waals surface area contributed by atoms with Crippen LogP contribution in [0.2, 0.25) is 10.0 Å². The van der Waals surface area contributed by atoms with Gasteiger partial charge in [0.25, 0.3) is 5.91 Å². The highest BCUT2D eigenvalue weighted by atomic mass is 35.5. The second kappa shape index (κ2) is 7.31. The summed E-state index contributed by atoms with van der Waals surface area (Å²) >= 11 is 12.3. The normalized spacial score (nSPS) is 10.7. The minimum atomic E-state index is -0.273. The summed E-state index contributed by atoms with van der Waals surface area (Å²) in [6, 6.07) is 13.6. The fraction of sp³-hybridized carbons (Fsp3) is 0.105. The zero-order valence-corrected chi connectivity index (χ0v) is 14.9. The molecule has 0 aliphatic carbocycles. The van der Waals surface area contributed by atoms with Crippen LogP contribution in [-0.2, 0) is 6.61 Å². The third-order valence-corrected chi connectivity index (χ3v) is 4.48. The van der Waals surface area contributed by atoms with Crippen molar-refractivity contribution in [2.24, 2.45) is 0 Å². The molecule has 3 rings (SSSR count). The summed E-state index contributed by atoms with van der Waals surface area (Å²) < 4.78 is 5.51. The number of rotatable bonds is 4. The van der Waals surface area contributed by atoms with Crippen LogP contribution in [0.1, 0.15) is 21.7 Å². The van der Waals surface area contributed by atoms with Gasteiger partial charge in [0.05, 0.1) is 5.02 Å². The maximum Gasteiger partial charge on any atom is 0.255 e. The van der Waals surface area contributed by atoms with Crippen LogP contribution in [0, 0.1) is 6.92 Å². The molecule has 128 valence electrons. The smallest absolute Gasteiger partial charge is 0.255 e. The molecule has 0 fully saturated rings. The summed E-state index contributed by atoms with van der Waals surface area (Å²) in [6.45, 7) is 1.68. The van der Waals surface area contributed by atoms with Gasteiger partial charge in [-0.15, -0.1) is 0 Å². The van der Waals surface area contributed by atoms with Crippen LogP contribution < -0.4 is 5.32 Å². The van der Waals surface area contributed by atoms with Crippen molar-refractivity contribution in [1.29, 1.82) is 0 Å². The number of halogens is 2. The number of benzene rings is 2. The van der Waals surface area contributed by atoms with E-state index >= 15 is 0 Å². The Morgan fingerprint density at radius 3 is 2.56 bits per heavy atom. The summed E-state index contributed by atoms with van der Waals surface area (Å²) in [4.78, 5) is 12.4. The van der Waals surface area contributed by atoms with Crippen molar-refractivity contribution >= 4 is 34.8 Å². The highest BCUT2D eigenvalue weighted by Crippen LogP contribution is 2.32. The molecule has 3 aromatic rings. The Hall–Kier alpha value is -2.27. The van der Waals surface area contributed by atoms with Crippen molar-refractivity contribution in [3.63, 3.8) is 0 Å². The number of aliphatic hydroxyl groups is 1. The first-order valence-corrected chi connectivity index (χ1v) is 8.30. The van der Waals surface area contributed by atoms with Gasteiger partial charge in [0.1, 0.15) is 18.1 Å². The maximum atomic E-state index is 12.4. The molecular formula is C19H15Cl2NO3. The first-order chi connectivity index (χ1) is 12.0. The number of carbonyl (C=O) groups is 1. The minimum Gasteiger partial charge on any atom is -0.459 e. The third kappa shape index (κ3) is 3.87. The van der Waals surface area contributed by atoms with Crippen LogP contribution in [0.3, 0.4) is 0 Å². The largest absolute Gasteiger partial charge is 0.459 e. The van der Waals surface area contributed by atoms with E-state index in [-0.39, 0.29) is 12.5 Å². The van der Waals surface area contributed by atoms with Crippen LogP contribution in [0.15, 0.2) is 52.9 Å². The van der Waals surface area contributed by atoms with E-state index in [0.717, 1.165) is 5.56 Å². The number of anilines is 1. The number of hydrogen-bond acceptors (Lipinski definition) is 3. The van der Waals surface area contributed by atoms with E-state index in [9.17, 15) is 4.79 Å². The van der Waals surface area contributed by atoms with Gasteiger partial charge in [0.2, 0.25) is 0 Å². The molecule has 2 aromatic carbocycles. The van der Waals surface area contributed by atoms with Crippen LogP contribution in [0.4, 0.5) is 5.69 Å². The fourth-order valence-corrected chi connectivity index (χ4v) is 2.73. The second-order valence-electron chi connectivity index (χ2n) is 5.54. The molecule has 0 aliphatic rings. The van der Waals surface area contributed by atoms with Gasteiger partial charge in [-0.3, -0.25) is 4.79 Å². The molecule has 4 nitrogen and oxygen atoms in total. The summed E-state index contributed by atoms with van der Waals surface area (Å²) in [5.74, 6) is 0.684. The molecule has 1 aromatic heterocycles. The van der Waals surface area contributed by atoms with Gasteiger partial charge in [-0.05, 0) is 55.0 Å². The lowest BCUT2D eigenvalue weighted by atomic mass is 10.1. The number of aryl methyl sites for hydroxylation is 1. The number of furan rings is 1. The highest BCUT2D eigenvalue weighted by molar-refractivity contribution is 6.33. The summed E-state index contributed by atoms with van der Waals surface area (Å²) in [5.41, 5.74) is 2.57. The van der Waals surface area contributed by atoms with E-state index in [1.807, 2.05) is 6.92 Å². The standard InChI is InChI=1S/C19H15Cl2NO3/c1-11-2-3-12(8-17(11)21)19(24)22-13-4-6-16(20)15(9-13)18-7-5-14(10-23)25-18/h2-9,23H,10H2,1H3,(H,22,24). The van der Waals surface area contributed by atoms with Gasteiger partial charge in [0.15, 0.2) is 0 Å². The lowest BCUT2D eigenvalue weighted by Gasteiger charge is -2.09. The Bertz CT molecular complexity index is 934. The Kier molecular flexibility index (Phi) is 5.13. The van der Waals surface area contributed by atoms with E-state index in [1.165, 1.54) is 0 Å². The number of aliphatic hydroxyl groups excluding tert-OH is 1. The average Bonchev–Trinajstić information content (AvgIpc) is 3.08. The molecule has 0 saturated heterocycles. The van der Waals surface area contributed by atoms with E-state index in [0.29, 0.717) is 38.4 Å². The van der Waals surface area contributed by atoms with Gasteiger partial charge in [-0.1, -0.05) is 29.3 Å². The van der Waals surface area contributed by atoms with Crippen LogP contribution >= 0.6 is 23.2 Å². The first kappa shape index (κ1) is 17.5. The Labute approximate surface area is 155 Å². The maximum absolute atomic E-state index is 12.4. The predicted octanol–water partition coefficient (Wildman–Crippen LogP) is 5.31. The van der Waals surface area contributed by atoms with Crippen molar-refractivity contribution in [3.8, 4) is 11.3 Å². The monoisotopic (exact) mass is 375 g/mol. The molecule has 6 heteroatoms. The van der Waals surface area contributed by atoms with Crippen molar-refractivity contribution in [1.82, 2.24) is 0 Å². The van der Waals surface area contributed by atoms with Gasteiger partial charge in [-0.25, -0.2) is 0 Å². The summed E-state index contributed by atoms with van der Waals surface area (Å²) in [5, 5.41) is 13.0. The van der Waals surface area contributed by atoms with Crippen molar-refractivity contribution in [2.45, 2.75) is 13.5 Å².